The number of aromatic nitrogens is 3. The molecule has 1 atom stereocenters. The summed E-state index contributed by atoms with van der Waals surface area (Å²) in [5.74, 6) is -0.746. The first-order valence-corrected chi connectivity index (χ1v) is 6.49. The summed E-state index contributed by atoms with van der Waals surface area (Å²) in [7, 11) is 0. The van der Waals surface area contributed by atoms with Crippen LogP contribution >= 0.6 is 0 Å². The van der Waals surface area contributed by atoms with Gasteiger partial charge in [-0.2, -0.15) is 4.98 Å². The van der Waals surface area contributed by atoms with E-state index in [4.69, 9.17) is 0 Å². The van der Waals surface area contributed by atoms with Gasteiger partial charge in [-0.25, -0.2) is 8.78 Å². The molecule has 0 unspecified atom stereocenters. The van der Waals surface area contributed by atoms with Crippen LogP contribution < -0.4 is 10.2 Å². The largest absolute Gasteiger partial charge is 0.337 e. The lowest BCUT2D eigenvalue weighted by molar-refractivity contribution is 0.480. The molecule has 0 aliphatic carbocycles. The maximum Gasteiger partial charge on any atom is 0.245 e. The first-order chi connectivity index (χ1) is 9.63. The van der Waals surface area contributed by atoms with Gasteiger partial charge >= 0.3 is 0 Å². The molecule has 3 rings (SSSR count). The van der Waals surface area contributed by atoms with Crippen molar-refractivity contribution in [2.24, 2.45) is 0 Å². The quantitative estimate of drug-likeness (QED) is 0.875. The molecule has 5 nitrogen and oxygen atoms in total. The highest BCUT2D eigenvalue weighted by Gasteiger charge is 2.19. The van der Waals surface area contributed by atoms with Crippen LogP contribution in [-0.2, 0) is 0 Å². The average molecular weight is 279 g/mol. The van der Waals surface area contributed by atoms with Gasteiger partial charge in [0.1, 0.15) is 0 Å². The lowest BCUT2D eigenvalue weighted by atomic mass is 10.2. The number of hydrogen-bond acceptors (Lipinski definition) is 4. The number of halogens is 2. The van der Waals surface area contributed by atoms with Gasteiger partial charge in [0, 0.05) is 31.2 Å². The van der Waals surface area contributed by atoms with Gasteiger partial charge in [0.05, 0.1) is 0 Å². The van der Waals surface area contributed by atoms with E-state index in [0.29, 0.717) is 23.4 Å². The van der Waals surface area contributed by atoms with Crippen molar-refractivity contribution in [3.05, 3.63) is 29.8 Å². The van der Waals surface area contributed by atoms with E-state index < -0.39 is 11.6 Å². The number of rotatable bonds is 2. The third-order valence-electron chi connectivity index (χ3n) is 3.32. The molecular formula is C13H15F2N5. The number of piperazine rings is 1. The van der Waals surface area contributed by atoms with E-state index in [1.165, 1.54) is 6.07 Å². The second kappa shape index (κ2) is 5.16. The molecule has 0 saturated carbocycles. The van der Waals surface area contributed by atoms with Crippen molar-refractivity contribution < 1.29 is 8.78 Å². The summed E-state index contributed by atoms with van der Waals surface area (Å²) < 4.78 is 26.1. The Morgan fingerprint density at radius 3 is 2.90 bits per heavy atom. The van der Waals surface area contributed by atoms with E-state index in [0.717, 1.165) is 31.8 Å². The highest BCUT2D eigenvalue weighted by Crippen LogP contribution is 2.20. The summed E-state index contributed by atoms with van der Waals surface area (Å²) in [5, 5.41) is 10.3. The number of anilines is 1. The molecule has 2 heterocycles. The molecule has 106 valence electrons. The first-order valence-electron chi connectivity index (χ1n) is 6.49. The smallest absolute Gasteiger partial charge is 0.245 e. The van der Waals surface area contributed by atoms with Crippen molar-refractivity contribution in [2.45, 2.75) is 13.0 Å². The second-order valence-electron chi connectivity index (χ2n) is 4.91. The fourth-order valence-electron chi connectivity index (χ4n) is 2.28. The van der Waals surface area contributed by atoms with E-state index in [1.54, 1.807) is 0 Å². The predicted molar refractivity (Wildman–Crippen MR) is 71.4 cm³/mol. The molecule has 1 fully saturated rings. The minimum Gasteiger partial charge on any atom is -0.337 e. The zero-order chi connectivity index (χ0) is 14.1. The highest BCUT2D eigenvalue weighted by molar-refractivity contribution is 5.56. The molecule has 0 amide bonds. The third-order valence-corrected chi connectivity index (χ3v) is 3.32. The van der Waals surface area contributed by atoms with Crippen LogP contribution in [-0.4, -0.2) is 40.9 Å². The molecule has 1 aromatic carbocycles. The lowest BCUT2D eigenvalue weighted by Gasteiger charge is -2.30. The van der Waals surface area contributed by atoms with Crippen molar-refractivity contribution in [2.75, 3.05) is 24.5 Å². The summed E-state index contributed by atoms with van der Waals surface area (Å²) in [4.78, 5) is 6.41. The molecule has 20 heavy (non-hydrogen) atoms. The molecule has 2 aromatic rings. The molecule has 0 spiro atoms. The average Bonchev–Trinajstić information content (AvgIpc) is 2.92. The molecule has 1 saturated heterocycles. The number of aromatic amines is 1. The Bertz CT molecular complexity index is 613. The topological polar surface area (TPSA) is 56.8 Å². The lowest BCUT2D eigenvalue weighted by Crippen LogP contribution is -2.49. The molecule has 1 aliphatic heterocycles. The third kappa shape index (κ3) is 2.49. The van der Waals surface area contributed by atoms with Gasteiger partial charge in [-0.1, -0.05) is 0 Å². The summed E-state index contributed by atoms with van der Waals surface area (Å²) in [6.45, 7) is 4.60. The Hall–Kier alpha value is -2.02. The van der Waals surface area contributed by atoms with Crippen LogP contribution in [0.3, 0.4) is 0 Å². The van der Waals surface area contributed by atoms with Crippen LogP contribution in [0.15, 0.2) is 18.2 Å². The van der Waals surface area contributed by atoms with Crippen LogP contribution in [0.25, 0.3) is 11.4 Å². The molecule has 0 bridgehead atoms. The Morgan fingerprint density at radius 1 is 1.30 bits per heavy atom. The monoisotopic (exact) mass is 279 g/mol. The van der Waals surface area contributed by atoms with Crippen LogP contribution in [0.5, 0.6) is 0 Å². The minimum absolute atomic E-state index is 0.369. The van der Waals surface area contributed by atoms with Crippen molar-refractivity contribution in [1.29, 1.82) is 0 Å². The molecular weight excluding hydrogens is 264 g/mol. The van der Waals surface area contributed by atoms with Gasteiger partial charge in [0.15, 0.2) is 17.5 Å². The van der Waals surface area contributed by atoms with Gasteiger partial charge in [-0.15, -0.1) is 5.10 Å². The summed E-state index contributed by atoms with van der Waals surface area (Å²) in [6.07, 6.45) is 0. The Morgan fingerprint density at radius 2 is 2.15 bits per heavy atom. The molecule has 7 heteroatoms. The van der Waals surface area contributed by atoms with Crippen LogP contribution in [0.2, 0.25) is 0 Å². The number of H-pyrrole nitrogens is 1. The van der Waals surface area contributed by atoms with Gasteiger partial charge in [-0.05, 0) is 25.1 Å². The van der Waals surface area contributed by atoms with Gasteiger partial charge in [0.2, 0.25) is 5.95 Å². The van der Waals surface area contributed by atoms with Gasteiger partial charge < -0.3 is 10.2 Å². The Kier molecular flexibility index (Phi) is 3.35. The van der Waals surface area contributed by atoms with E-state index in [2.05, 4.69) is 32.3 Å². The van der Waals surface area contributed by atoms with E-state index in [-0.39, 0.29) is 0 Å². The molecule has 1 aliphatic rings. The zero-order valence-corrected chi connectivity index (χ0v) is 11.0. The summed E-state index contributed by atoms with van der Waals surface area (Å²) >= 11 is 0. The number of hydrogen-bond donors (Lipinski definition) is 2. The van der Waals surface area contributed by atoms with Crippen molar-refractivity contribution >= 4 is 5.95 Å². The molecule has 1 aromatic heterocycles. The molecule has 2 N–H and O–H groups in total. The van der Waals surface area contributed by atoms with Crippen molar-refractivity contribution in [3.8, 4) is 11.4 Å². The van der Waals surface area contributed by atoms with E-state index >= 15 is 0 Å². The fourth-order valence-corrected chi connectivity index (χ4v) is 2.28. The SMILES string of the molecule is C[C@H]1CN(c2n[nH]c(-c3ccc(F)c(F)c3)n2)CCN1. The highest BCUT2D eigenvalue weighted by atomic mass is 19.2. The van der Waals surface area contributed by atoms with E-state index in [1.807, 2.05) is 0 Å². The number of nitrogens with zero attached hydrogens (tertiary/aromatic N) is 3. The normalized spacial score (nSPS) is 19.4. The zero-order valence-electron chi connectivity index (χ0n) is 11.0. The van der Waals surface area contributed by atoms with Gasteiger partial charge in [-0.3, -0.25) is 5.10 Å². The first kappa shape index (κ1) is 13.0. The fraction of sp³-hybridized carbons (Fsp3) is 0.385. The Labute approximate surface area is 115 Å². The summed E-state index contributed by atoms with van der Waals surface area (Å²) in [5.41, 5.74) is 0.478. The Balaban J connectivity index is 1.84. The standard InChI is InChI=1S/C13H15F2N5/c1-8-7-20(5-4-16-8)13-17-12(18-19-13)9-2-3-10(14)11(15)6-9/h2-3,6,8,16H,4-5,7H2,1H3,(H,17,18,19)/t8-/m0/s1. The summed E-state index contributed by atoms with van der Waals surface area (Å²) in [6, 6.07) is 4.04. The van der Waals surface area contributed by atoms with E-state index in [9.17, 15) is 8.78 Å². The number of nitrogens with one attached hydrogen (secondary N) is 2. The van der Waals surface area contributed by atoms with Crippen LogP contribution in [0, 0.1) is 11.6 Å². The van der Waals surface area contributed by atoms with Crippen LogP contribution in [0.4, 0.5) is 14.7 Å². The second-order valence-corrected chi connectivity index (χ2v) is 4.91. The molecule has 0 radical (unpaired) electrons. The predicted octanol–water partition coefficient (Wildman–Crippen LogP) is 1.55. The maximum atomic E-state index is 13.2. The van der Waals surface area contributed by atoms with Gasteiger partial charge in [0.25, 0.3) is 0 Å². The van der Waals surface area contributed by atoms with Crippen LogP contribution in [0.1, 0.15) is 6.92 Å². The van der Waals surface area contributed by atoms with Crippen molar-refractivity contribution in [3.63, 3.8) is 0 Å². The maximum absolute atomic E-state index is 13.2. The van der Waals surface area contributed by atoms with Crippen molar-refractivity contribution in [1.82, 2.24) is 20.5 Å². The minimum atomic E-state index is -0.892. The number of benzene rings is 1.